The van der Waals surface area contributed by atoms with Crippen LogP contribution in [-0.2, 0) is 4.79 Å². The largest absolute Gasteiger partial charge is 0.369 e. The molecule has 0 aromatic heterocycles. The highest BCUT2D eigenvalue weighted by atomic mass is 16.2. The van der Waals surface area contributed by atoms with E-state index in [1.54, 1.807) is 0 Å². The van der Waals surface area contributed by atoms with Crippen molar-refractivity contribution in [3.05, 3.63) is 0 Å². The first kappa shape index (κ1) is 20.2. The molecule has 3 fully saturated rings. The van der Waals surface area contributed by atoms with E-state index < -0.39 is 5.54 Å². The molecule has 4 rings (SSSR count). The lowest BCUT2D eigenvalue weighted by atomic mass is 9.75. The SMILES string of the molecule is NC1=N[C@](CCC2CCCCC2)(CC2CCCCC2)C(=O)N1C1CCCCC1. The van der Waals surface area contributed by atoms with E-state index in [0.717, 1.165) is 38.0 Å². The molecule has 158 valence electrons. The van der Waals surface area contributed by atoms with Gasteiger partial charge in [0.15, 0.2) is 5.96 Å². The molecular weight excluding hydrogens is 346 g/mol. The summed E-state index contributed by atoms with van der Waals surface area (Å²) in [6.45, 7) is 0. The summed E-state index contributed by atoms with van der Waals surface area (Å²) in [5.41, 5.74) is 5.90. The van der Waals surface area contributed by atoms with Crippen molar-refractivity contribution in [2.24, 2.45) is 22.6 Å². The molecule has 0 spiro atoms. The Morgan fingerprint density at radius 1 is 0.821 bits per heavy atom. The third kappa shape index (κ3) is 4.41. The molecule has 3 saturated carbocycles. The number of carbonyl (C=O) groups is 1. The fourth-order valence-corrected chi connectivity index (χ4v) is 6.53. The highest BCUT2D eigenvalue weighted by Crippen LogP contribution is 2.42. The van der Waals surface area contributed by atoms with Crippen LogP contribution in [0.3, 0.4) is 0 Å². The molecule has 3 aliphatic carbocycles. The van der Waals surface area contributed by atoms with Gasteiger partial charge in [0.25, 0.3) is 5.91 Å². The van der Waals surface area contributed by atoms with Crippen molar-refractivity contribution >= 4 is 11.9 Å². The summed E-state index contributed by atoms with van der Waals surface area (Å²) >= 11 is 0. The molecule has 28 heavy (non-hydrogen) atoms. The third-order valence-corrected chi connectivity index (χ3v) is 8.17. The topological polar surface area (TPSA) is 58.7 Å². The summed E-state index contributed by atoms with van der Waals surface area (Å²) in [6.07, 6.45) is 22.4. The fraction of sp³-hybridized carbons (Fsp3) is 0.917. The Morgan fingerprint density at radius 2 is 1.36 bits per heavy atom. The van der Waals surface area contributed by atoms with Gasteiger partial charge in [0.1, 0.15) is 5.54 Å². The van der Waals surface area contributed by atoms with Gasteiger partial charge in [-0.15, -0.1) is 0 Å². The molecule has 0 aromatic rings. The minimum Gasteiger partial charge on any atom is -0.369 e. The van der Waals surface area contributed by atoms with E-state index in [1.165, 1.54) is 83.5 Å². The van der Waals surface area contributed by atoms with Gasteiger partial charge in [0.05, 0.1) is 0 Å². The van der Waals surface area contributed by atoms with Crippen LogP contribution in [-0.4, -0.2) is 28.3 Å². The first-order valence-electron chi connectivity index (χ1n) is 12.4. The summed E-state index contributed by atoms with van der Waals surface area (Å²) in [7, 11) is 0. The maximum absolute atomic E-state index is 13.8. The van der Waals surface area contributed by atoms with Gasteiger partial charge < -0.3 is 5.73 Å². The Morgan fingerprint density at radius 3 is 1.96 bits per heavy atom. The average molecular weight is 388 g/mol. The van der Waals surface area contributed by atoms with Crippen LogP contribution in [0, 0.1) is 11.8 Å². The number of nitrogens with two attached hydrogens (primary N) is 1. The predicted molar refractivity (Wildman–Crippen MR) is 115 cm³/mol. The third-order valence-electron chi connectivity index (χ3n) is 8.17. The maximum atomic E-state index is 13.8. The Balaban J connectivity index is 1.50. The summed E-state index contributed by atoms with van der Waals surface area (Å²) < 4.78 is 0. The zero-order chi connectivity index (χ0) is 19.4. The Bertz CT molecular complexity index is 556. The second-order valence-corrected chi connectivity index (χ2v) is 10.2. The van der Waals surface area contributed by atoms with Crippen LogP contribution in [0.15, 0.2) is 4.99 Å². The Kier molecular flexibility index (Phi) is 6.62. The van der Waals surface area contributed by atoms with Gasteiger partial charge in [-0.3, -0.25) is 9.69 Å². The van der Waals surface area contributed by atoms with Gasteiger partial charge >= 0.3 is 0 Å². The van der Waals surface area contributed by atoms with E-state index >= 15 is 0 Å². The number of hydrogen-bond donors (Lipinski definition) is 1. The quantitative estimate of drug-likeness (QED) is 0.650. The number of carbonyl (C=O) groups excluding carboxylic acids is 1. The minimum atomic E-state index is -0.541. The van der Waals surface area contributed by atoms with Gasteiger partial charge in [-0.05, 0) is 43.9 Å². The molecule has 1 atom stereocenters. The molecule has 0 bridgehead atoms. The molecule has 0 saturated heterocycles. The van der Waals surface area contributed by atoms with Gasteiger partial charge in [-0.2, -0.15) is 0 Å². The first-order valence-corrected chi connectivity index (χ1v) is 12.4. The fourth-order valence-electron chi connectivity index (χ4n) is 6.53. The normalized spacial score (nSPS) is 31.4. The molecular formula is C24H41N3O. The summed E-state index contributed by atoms with van der Waals surface area (Å²) in [6, 6.07) is 0.299. The van der Waals surface area contributed by atoms with Crippen LogP contribution < -0.4 is 5.73 Å². The maximum Gasteiger partial charge on any atom is 0.257 e. The Hall–Kier alpha value is -1.06. The van der Waals surface area contributed by atoms with E-state index in [2.05, 4.69) is 0 Å². The van der Waals surface area contributed by atoms with Gasteiger partial charge in [-0.1, -0.05) is 83.5 Å². The van der Waals surface area contributed by atoms with Crippen molar-refractivity contribution in [1.29, 1.82) is 0 Å². The van der Waals surface area contributed by atoms with Gasteiger partial charge in [0.2, 0.25) is 0 Å². The van der Waals surface area contributed by atoms with E-state index in [9.17, 15) is 4.79 Å². The highest BCUT2D eigenvalue weighted by Gasteiger charge is 2.50. The van der Waals surface area contributed by atoms with Crippen LogP contribution >= 0.6 is 0 Å². The molecule has 2 N–H and O–H groups in total. The lowest BCUT2D eigenvalue weighted by molar-refractivity contribution is -0.134. The lowest BCUT2D eigenvalue weighted by Crippen LogP contribution is -2.50. The standard InChI is InChI=1S/C24H41N3O/c25-23-26-24(18-20-12-6-2-7-13-20,17-16-19-10-4-1-5-11-19)22(28)27(23)21-14-8-3-9-15-21/h19-21H,1-18H2,(H2,25,26)/t24-/m1/s1. The molecule has 0 unspecified atom stereocenters. The summed E-state index contributed by atoms with van der Waals surface area (Å²) in [5, 5.41) is 0. The zero-order valence-electron chi connectivity index (χ0n) is 17.8. The van der Waals surface area contributed by atoms with Gasteiger partial charge in [0, 0.05) is 6.04 Å². The summed E-state index contributed by atoms with van der Waals surface area (Å²) in [5.74, 6) is 2.26. The van der Waals surface area contributed by atoms with Crippen molar-refractivity contribution in [2.75, 3.05) is 0 Å². The predicted octanol–water partition coefficient (Wildman–Crippen LogP) is 5.55. The molecule has 0 aromatic carbocycles. The van der Waals surface area contributed by atoms with Crippen LogP contribution in [0.25, 0.3) is 0 Å². The van der Waals surface area contributed by atoms with Crippen molar-refractivity contribution < 1.29 is 4.79 Å². The van der Waals surface area contributed by atoms with E-state index in [0.29, 0.717) is 17.9 Å². The van der Waals surface area contributed by atoms with Crippen molar-refractivity contribution in [2.45, 2.75) is 127 Å². The molecule has 1 amide bonds. The summed E-state index contributed by atoms with van der Waals surface area (Å²) in [4.78, 5) is 20.8. The molecule has 1 heterocycles. The highest BCUT2D eigenvalue weighted by molar-refractivity contribution is 6.07. The number of guanidine groups is 1. The number of rotatable bonds is 6. The lowest BCUT2D eigenvalue weighted by Gasteiger charge is -2.36. The molecule has 1 aliphatic heterocycles. The number of aliphatic imine (C=N–C) groups is 1. The van der Waals surface area contributed by atoms with Crippen molar-refractivity contribution in [3.8, 4) is 0 Å². The smallest absolute Gasteiger partial charge is 0.257 e. The van der Waals surface area contributed by atoms with Crippen LogP contribution in [0.5, 0.6) is 0 Å². The molecule has 4 nitrogen and oxygen atoms in total. The second-order valence-electron chi connectivity index (χ2n) is 10.2. The van der Waals surface area contributed by atoms with E-state index in [4.69, 9.17) is 10.7 Å². The van der Waals surface area contributed by atoms with Crippen LogP contribution in [0.2, 0.25) is 0 Å². The van der Waals surface area contributed by atoms with E-state index in [-0.39, 0.29) is 5.91 Å². The average Bonchev–Trinajstić information content (AvgIpc) is 2.98. The van der Waals surface area contributed by atoms with Crippen LogP contribution in [0.4, 0.5) is 0 Å². The zero-order valence-corrected chi connectivity index (χ0v) is 17.8. The number of nitrogens with zero attached hydrogens (tertiary/aromatic N) is 2. The van der Waals surface area contributed by atoms with E-state index in [1.807, 2.05) is 4.90 Å². The monoisotopic (exact) mass is 387 g/mol. The number of hydrogen-bond acceptors (Lipinski definition) is 3. The molecule has 0 radical (unpaired) electrons. The minimum absolute atomic E-state index is 0.262. The second kappa shape index (κ2) is 9.17. The molecule has 4 heteroatoms. The Labute approximate surface area is 171 Å². The number of amides is 1. The van der Waals surface area contributed by atoms with Crippen LogP contribution in [0.1, 0.15) is 116 Å². The first-order chi connectivity index (χ1) is 13.7. The van der Waals surface area contributed by atoms with Crippen molar-refractivity contribution in [1.82, 2.24) is 4.90 Å². The van der Waals surface area contributed by atoms with Gasteiger partial charge in [-0.25, -0.2) is 4.99 Å². The molecule has 4 aliphatic rings. The van der Waals surface area contributed by atoms with Crippen molar-refractivity contribution in [3.63, 3.8) is 0 Å².